The third kappa shape index (κ3) is 2.15. The molecule has 20 heavy (non-hydrogen) atoms. The van der Waals surface area contributed by atoms with E-state index >= 15 is 0 Å². The summed E-state index contributed by atoms with van der Waals surface area (Å²) in [6.07, 6.45) is 0. The van der Waals surface area contributed by atoms with Gasteiger partial charge in [-0.15, -0.1) is 11.3 Å². The molecule has 2 aromatic heterocycles. The Bertz CT molecular complexity index is 645. The average molecular weight is 294 g/mol. The van der Waals surface area contributed by atoms with Crippen LogP contribution in [0.5, 0.6) is 0 Å². The van der Waals surface area contributed by atoms with E-state index in [1.807, 2.05) is 16.3 Å². The number of hydrogen-bond acceptors (Lipinski definition) is 8. The number of morpholine rings is 1. The van der Waals surface area contributed by atoms with Crippen molar-refractivity contribution in [3.8, 4) is 0 Å². The first-order valence-corrected chi connectivity index (χ1v) is 6.94. The summed E-state index contributed by atoms with van der Waals surface area (Å²) in [5.41, 5.74) is 7.89. The number of carbonyl (C=O) groups excluding carboxylic acids is 1. The van der Waals surface area contributed by atoms with E-state index in [4.69, 9.17) is 16.3 Å². The van der Waals surface area contributed by atoms with Crippen molar-refractivity contribution in [1.29, 1.82) is 0 Å². The summed E-state index contributed by atoms with van der Waals surface area (Å²) in [6.45, 7) is 1.32. The normalized spacial score (nSPS) is 19.2. The van der Waals surface area contributed by atoms with Gasteiger partial charge in [0, 0.05) is 6.54 Å². The van der Waals surface area contributed by atoms with Crippen molar-refractivity contribution in [3.05, 3.63) is 11.4 Å². The highest BCUT2D eigenvalue weighted by Gasteiger charge is 2.30. The van der Waals surface area contributed by atoms with Crippen molar-refractivity contribution >= 4 is 39.2 Å². The number of carbonyl (C=O) groups is 1. The van der Waals surface area contributed by atoms with E-state index in [1.165, 1.54) is 11.3 Å². The molecular formula is C11H14N6O2S. The third-order valence-corrected chi connectivity index (χ3v) is 3.97. The maximum Gasteiger partial charge on any atom is 0.242 e. The van der Waals surface area contributed by atoms with Crippen LogP contribution in [0.15, 0.2) is 11.4 Å². The molecule has 0 bridgehead atoms. The van der Waals surface area contributed by atoms with Crippen molar-refractivity contribution in [2.24, 2.45) is 11.6 Å². The summed E-state index contributed by atoms with van der Waals surface area (Å²) in [4.78, 5) is 22.9. The van der Waals surface area contributed by atoms with Crippen LogP contribution in [-0.2, 0) is 9.53 Å². The number of hydrazine groups is 1. The molecule has 3 heterocycles. The molecule has 1 unspecified atom stereocenters. The van der Waals surface area contributed by atoms with Crippen LogP contribution in [0.25, 0.3) is 10.2 Å². The summed E-state index contributed by atoms with van der Waals surface area (Å²) in [5, 5.41) is 2.80. The Balaban J connectivity index is 2.11. The van der Waals surface area contributed by atoms with Crippen LogP contribution in [0.3, 0.4) is 0 Å². The smallest absolute Gasteiger partial charge is 0.242 e. The van der Waals surface area contributed by atoms with Crippen molar-refractivity contribution in [2.45, 2.75) is 6.04 Å². The molecular weight excluding hydrogens is 280 g/mol. The number of nitrogens with two attached hydrogens (primary N) is 2. The quantitative estimate of drug-likeness (QED) is 0.523. The second kappa shape index (κ2) is 5.19. The molecule has 1 fully saturated rings. The van der Waals surface area contributed by atoms with E-state index in [1.54, 1.807) is 0 Å². The number of ether oxygens (including phenoxy) is 1. The van der Waals surface area contributed by atoms with Crippen LogP contribution >= 0.6 is 11.3 Å². The number of rotatable bonds is 3. The highest BCUT2D eigenvalue weighted by atomic mass is 32.1. The summed E-state index contributed by atoms with van der Waals surface area (Å²) >= 11 is 1.48. The zero-order valence-corrected chi connectivity index (χ0v) is 11.4. The van der Waals surface area contributed by atoms with Gasteiger partial charge >= 0.3 is 0 Å². The van der Waals surface area contributed by atoms with Gasteiger partial charge in [-0.25, -0.2) is 10.8 Å². The van der Waals surface area contributed by atoms with E-state index in [-0.39, 0.29) is 6.61 Å². The topological polar surface area (TPSA) is 119 Å². The molecule has 8 nitrogen and oxygen atoms in total. The molecule has 106 valence electrons. The van der Waals surface area contributed by atoms with Gasteiger partial charge in [-0.2, -0.15) is 4.98 Å². The summed E-state index contributed by atoms with van der Waals surface area (Å²) < 4.78 is 5.32. The van der Waals surface area contributed by atoms with Gasteiger partial charge in [0.25, 0.3) is 0 Å². The molecule has 1 amide bonds. The number of primary amides is 1. The number of hydrogen-bond donors (Lipinski definition) is 3. The third-order valence-electron chi connectivity index (χ3n) is 3.16. The largest absolute Gasteiger partial charge is 0.377 e. The van der Waals surface area contributed by atoms with Crippen LogP contribution in [0, 0.1) is 0 Å². The molecule has 1 aliphatic heterocycles. The predicted octanol–water partition coefficient (Wildman–Crippen LogP) is -0.333. The molecule has 9 heteroatoms. The van der Waals surface area contributed by atoms with Crippen LogP contribution in [0.4, 0.5) is 11.8 Å². The minimum Gasteiger partial charge on any atom is -0.377 e. The number of thiophene rings is 1. The van der Waals surface area contributed by atoms with E-state index in [9.17, 15) is 4.79 Å². The van der Waals surface area contributed by atoms with Gasteiger partial charge in [0.15, 0.2) is 0 Å². The van der Waals surface area contributed by atoms with Crippen LogP contribution in [0.2, 0.25) is 0 Å². The van der Waals surface area contributed by atoms with Gasteiger partial charge in [0.05, 0.1) is 18.6 Å². The predicted molar refractivity (Wildman–Crippen MR) is 76.4 cm³/mol. The molecule has 0 aromatic carbocycles. The lowest BCUT2D eigenvalue weighted by atomic mass is 10.2. The number of nitrogens with one attached hydrogen (secondary N) is 1. The van der Waals surface area contributed by atoms with Crippen molar-refractivity contribution in [3.63, 3.8) is 0 Å². The average Bonchev–Trinajstić information content (AvgIpc) is 2.94. The maximum absolute atomic E-state index is 11.6. The van der Waals surface area contributed by atoms with Crippen molar-refractivity contribution < 1.29 is 9.53 Å². The zero-order valence-electron chi connectivity index (χ0n) is 10.6. The molecule has 1 saturated heterocycles. The summed E-state index contributed by atoms with van der Waals surface area (Å²) in [5.74, 6) is 5.92. The van der Waals surface area contributed by atoms with E-state index in [0.717, 1.165) is 10.2 Å². The number of aromatic nitrogens is 2. The lowest BCUT2D eigenvalue weighted by Crippen LogP contribution is -2.53. The summed E-state index contributed by atoms with van der Waals surface area (Å²) in [7, 11) is 0. The monoisotopic (exact) mass is 294 g/mol. The molecule has 1 aliphatic rings. The SMILES string of the molecule is NNc1nc(N2CCOCC2C(N)=O)c2ccsc2n1. The summed E-state index contributed by atoms with van der Waals surface area (Å²) in [6, 6.07) is 1.38. The van der Waals surface area contributed by atoms with E-state index in [2.05, 4.69) is 15.4 Å². The highest BCUT2D eigenvalue weighted by Crippen LogP contribution is 2.30. The number of amides is 1. The van der Waals surface area contributed by atoms with Crippen LogP contribution in [-0.4, -0.2) is 41.7 Å². The number of nitrogen functional groups attached to an aromatic ring is 1. The maximum atomic E-state index is 11.6. The zero-order chi connectivity index (χ0) is 14.1. The second-order valence-corrected chi connectivity index (χ2v) is 5.24. The molecule has 0 saturated carbocycles. The first kappa shape index (κ1) is 13.0. The fraction of sp³-hybridized carbons (Fsp3) is 0.364. The second-order valence-electron chi connectivity index (χ2n) is 4.34. The van der Waals surface area contributed by atoms with Gasteiger partial charge in [-0.1, -0.05) is 0 Å². The minimum atomic E-state index is -0.535. The highest BCUT2D eigenvalue weighted by molar-refractivity contribution is 7.16. The van der Waals surface area contributed by atoms with Gasteiger partial charge in [0.1, 0.15) is 16.7 Å². The Labute approximate surface area is 118 Å². The van der Waals surface area contributed by atoms with Gasteiger partial charge in [0.2, 0.25) is 11.9 Å². The number of nitrogens with zero attached hydrogens (tertiary/aromatic N) is 3. The van der Waals surface area contributed by atoms with Gasteiger partial charge < -0.3 is 15.4 Å². The molecule has 0 aliphatic carbocycles. The fourth-order valence-corrected chi connectivity index (χ4v) is 2.97. The molecule has 5 N–H and O–H groups in total. The Morgan fingerprint density at radius 1 is 1.55 bits per heavy atom. The minimum absolute atomic E-state index is 0.260. The Morgan fingerprint density at radius 2 is 2.40 bits per heavy atom. The van der Waals surface area contributed by atoms with Crippen LogP contribution < -0.4 is 21.9 Å². The number of fused-ring (bicyclic) bond motifs is 1. The van der Waals surface area contributed by atoms with Crippen molar-refractivity contribution in [2.75, 3.05) is 30.1 Å². The van der Waals surface area contributed by atoms with Gasteiger partial charge in [-0.3, -0.25) is 10.2 Å². The molecule has 0 radical (unpaired) electrons. The lowest BCUT2D eigenvalue weighted by Gasteiger charge is -2.34. The first-order valence-electron chi connectivity index (χ1n) is 6.06. The molecule has 2 aromatic rings. The standard InChI is InChI=1S/C11H14N6O2S/c12-8(18)7-5-19-3-2-17(7)9-6-1-4-20-10(6)15-11(14-9)16-13/h1,4,7H,2-3,5,13H2,(H2,12,18)(H,14,15,16). The molecule has 1 atom stereocenters. The molecule has 3 rings (SSSR count). The van der Waals surface area contributed by atoms with Gasteiger partial charge in [-0.05, 0) is 11.4 Å². The lowest BCUT2D eigenvalue weighted by molar-refractivity contribution is -0.121. The van der Waals surface area contributed by atoms with Crippen molar-refractivity contribution in [1.82, 2.24) is 9.97 Å². The Hall–Kier alpha value is -1.97. The number of anilines is 2. The Morgan fingerprint density at radius 3 is 3.15 bits per heavy atom. The van der Waals surface area contributed by atoms with Crippen LogP contribution in [0.1, 0.15) is 0 Å². The molecule has 0 spiro atoms. The fourth-order valence-electron chi connectivity index (χ4n) is 2.22. The first-order chi connectivity index (χ1) is 9.70. The Kier molecular flexibility index (Phi) is 3.38. The van der Waals surface area contributed by atoms with E-state index in [0.29, 0.717) is 24.9 Å². The van der Waals surface area contributed by atoms with E-state index < -0.39 is 11.9 Å².